The van der Waals surface area contributed by atoms with E-state index in [2.05, 4.69) is 114 Å². The van der Waals surface area contributed by atoms with Gasteiger partial charge in [-0.1, -0.05) is 74.2 Å². The zero-order chi connectivity index (χ0) is 39.3. The van der Waals surface area contributed by atoms with E-state index in [0.717, 1.165) is 71.3 Å². The molecule has 0 spiro atoms. The van der Waals surface area contributed by atoms with Gasteiger partial charge in [-0.25, -0.2) is 0 Å². The molecule has 0 saturated heterocycles. The zero-order valence-electron chi connectivity index (χ0n) is 34.6. The standard InChI is InChI=1S/C29H23N2O.C19H26GeN.Ir/c1-29(2,3)19-15-17-20(18-16-19)31-25-13-6-5-12-24(25)30-28(31)23-11-8-10-22-21-9-4-7-14-26(21)32-27(22)23;1-19(2,3)13-16-12-18(15-10-8-7-9-11-15)21-14-17(16)20(4,5)6;/h4-10,12-18H,1-3H3;7-10,12,14H,13H2,1-6H3;/q2*-1;/i;13D2;. The van der Waals surface area contributed by atoms with Crippen molar-refractivity contribution in [3.63, 3.8) is 0 Å². The van der Waals surface area contributed by atoms with Gasteiger partial charge in [-0.05, 0) is 41.3 Å². The van der Waals surface area contributed by atoms with E-state index < -0.39 is 25.1 Å². The Morgan fingerprint density at radius 3 is 2.17 bits per heavy atom. The molecule has 6 heteroatoms. The second-order valence-corrected chi connectivity index (χ2v) is 27.3. The normalized spacial score (nSPS) is 12.9. The van der Waals surface area contributed by atoms with E-state index in [9.17, 15) is 0 Å². The summed E-state index contributed by atoms with van der Waals surface area (Å²) in [5.74, 6) is 7.69. The van der Waals surface area contributed by atoms with Crippen LogP contribution in [0.3, 0.4) is 0 Å². The fraction of sp³-hybridized carbons (Fsp3) is 0.250. The molecule has 4 nitrogen and oxygen atoms in total. The summed E-state index contributed by atoms with van der Waals surface area (Å²) in [5, 5.41) is 2.19. The molecular weight excluding hydrogens is 899 g/mol. The second kappa shape index (κ2) is 15.5. The van der Waals surface area contributed by atoms with Crippen molar-refractivity contribution in [1.29, 1.82) is 0 Å². The first-order chi connectivity index (χ1) is 25.9. The number of para-hydroxylation sites is 3. The van der Waals surface area contributed by atoms with Gasteiger partial charge in [-0.15, -0.1) is 18.2 Å². The van der Waals surface area contributed by atoms with Gasteiger partial charge < -0.3 is 8.98 Å². The van der Waals surface area contributed by atoms with Gasteiger partial charge in [0.2, 0.25) is 0 Å². The molecule has 0 atom stereocenters. The van der Waals surface area contributed by atoms with Crippen LogP contribution >= 0.6 is 0 Å². The maximum Gasteiger partial charge on any atom is 0 e. The summed E-state index contributed by atoms with van der Waals surface area (Å²) in [6, 6.07) is 45.5. The van der Waals surface area contributed by atoms with E-state index in [0.29, 0.717) is 0 Å². The van der Waals surface area contributed by atoms with E-state index in [-0.39, 0.29) is 25.5 Å². The number of nitrogens with zero attached hydrogens (tertiary/aromatic N) is 3. The Morgan fingerprint density at radius 1 is 0.778 bits per heavy atom. The Kier molecular flexibility index (Phi) is 10.5. The van der Waals surface area contributed by atoms with Crippen LogP contribution in [0.4, 0.5) is 0 Å². The molecule has 3 aromatic heterocycles. The molecule has 54 heavy (non-hydrogen) atoms. The fourth-order valence-electron chi connectivity index (χ4n) is 6.68. The molecule has 8 aromatic rings. The number of furan rings is 1. The predicted molar refractivity (Wildman–Crippen MR) is 226 cm³/mol. The second-order valence-electron chi connectivity index (χ2n) is 16.8. The van der Waals surface area contributed by atoms with Crippen molar-refractivity contribution in [3.8, 4) is 28.3 Å². The van der Waals surface area contributed by atoms with Crippen molar-refractivity contribution in [2.45, 2.75) is 70.6 Å². The third kappa shape index (κ3) is 8.34. The Morgan fingerprint density at radius 2 is 1.48 bits per heavy atom. The van der Waals surface area contributed by atoms with Crippen molar-refractivity contribution >= 4 is 50.6 Å². The molecule has 0 saturated carbocycles. The van der Waals surface area contributed by atoms with E-state index in [1.807, 2.05) is 87.6 Å². The summed E-state index contributed by atoms with van der Waals surface area (Å²) in [6.45, 7) is 12.6. The summed E-state index contributed by atoms with van der Waals surface area (Å²) < 4.78 is 27.2. The Balaban J connectivity index is 0.000000198. The molecule has 8 rings (SSSR count). The average molecular weight is 951 g/mol. The molecule has 0 amide bonds. The molecule has 5 aromatic carbocycles. The van der Waals surface area contributed by atoms with Gasteiger partial charge in [0.25, 0.3) is 0 Å². The van der Waals surface area contributed by atoms with Gasteiger partial charge >= 0.3 is 135 Å². The van der Waals surface area contributed by atoms with Crippen LogP contribution in [-0.4, -0.2) is 27.8 Å². The number of fused-ring (bicyclic) bond motifs is 4. The SMILES string of the molecule is CC(C)(C)c1ccc(-n2c(-c3[c-]ccc4c3oc3ccccc34)nc3ccccc32)cc1.[2H]C([2H])(c1cc(-c2[c-]cccc2)nc[c]1[Ge]([CH3])([CH3])[CH3])C(C)(C)C.[Ir]. The van der Waals surface area contributed by atoms with E-state index >= 15 is 0 Å². The van der Waals surface area contributed by atoms with Gasteiger partial charge in [0.15, 0.2) is 0 Å². The Bertz CT molecular complexity index is 2630. The largest absolute Gasteiger partial charge is 0 e. The van der Waals surface area contributed by atoms with Crippen molar-refractivity contribution in [1.82, 2.24) is 14.5 Å². The monoisotopic (exact) mass is 952 g/mol. The topological polar surface area (TPSA) is 43.9 Å². The minimum atomic E-state index is -2.24. The average Bonchev–Trinajstić information content (AvgIpc) is 3.73. The van der Waals surface area contributed by atoms with Crippen molar-refractivity contribution in [2.24, 2.45) is 5.41 Å². The van der Waals surface area contributed by atoms with E-state index in [1.54, 1.807) is 0 Å². The number of imidazole rings is 1. The van der Waals surface area contributed by atoms with Crippen LogP contribution in [0.5, 0.6) is 0 Å². The number of rotatable bonds is 5. The number of hydrogen-bond acceptors (Lipinski definition) is 3. The van der Waals surface area contributed by atoms with Crippen LogP contribution in [0.1, 0.15) is 55.4 Å². The van der Waals surface area contributed by atoms with Gasteiger partial charge in [0.1, 0.15) is 5.58 Å². The molecular formula is C48H49GeIrN3O-2. The minimum absolute atomic E-state index is 0. The third-order valence-electron chi connectivity index (χ3n) is 9.32. The summed E-state index contributed by atoms with van der Waals surface area (Å²) in [4.78, 5) is 9.64. The van der Waals surface area contributed by atoms with Crippen LogP contribution in [0.15, 0.2) is 126 Å². The number of pyridine rings is 1. The van der Waals surface area contributed by atoms with Crippen LogP contribution in [0.25, 0.3) is 61.3 Å². The van der Waals surface area contributed by atoms with E-state index in [1.165, 1.54) is 5.56 Å². The van der Waals surface area contributed by atoms with Gasteiger partial charge in [0, 0.05) is 31.2 Å². The molecule has 0 N–H and O–H groups in total. The Hall–Kier alpha value is -4.29. The predicted octanol–water partition coefficient (Wildman–Crippen LogP) is 12.4. The van der Waals surface area contributed by atoms with Crippen LogP contribution in [0.2, 0.25) is 17.3 Å². The molecule has 0 aliphatic heterocycles. The third-order valence-corrected chi connectivity index (χ3v) is 13.5. The van der Waals surface area contributed by atoms with Crippen molar-refractivity contribution in [3.05, 3.63) is 145 Å². The first-order valence-corrected chi connectivity index (χ1v) is 25.7. The number of aromatic nitrogens is 3. The van der Waals surface area contributed by atoms with Crippen molar-refractivity contribution in [2.75, 3.05) is 0 Å². The maximum absolute atomic E-state index is 8.76. The fourth-order valence-corrected chi connectivity index (χ4v) is 9.61. The maximum atomic E-state index is 8.76. The molecule has 277 valence electrons. The molecule has 1 radical (unpaired) electrons. The number of hydrogen-bond donors (Lipinski definition) is 0. The van der Waals surface area contributed by atoms with Crippen LogP contribution in [0, 0.1) is 17.5 Å². The number of benzene rings is 5. The molecule has 0 aliphatic carbocycles. The summed E-state index contributed by atoms with van der Waals surface area (Å²) in [6.07, 6.45) is 0.502. The van der Waals surface area contributed by atoms with Gasteiger partial charge in [-0.2, -0.15) is 0 Å². The van der Waals surface area contributed by atoms with Crippen LogP contribution in [-0.2, 0) is 31.9 Å². The molecule has 0 aliphatic rings. The smallest absolute Gasteiger partial charge is 0 e. The molecule has 0 unspecified atom stereocenters. The molecule has 3 heterocycles. The molecule has 0 fully saturated rings. The summed E-state index contributed by atoms with van der Waals surface area (Å²) in [7, 11) is 0. The summed E-state index contributed by atoms with van der Waals surface area (Å²) in [5.41, 5.74) is 9.08. The van der Waals surface area contributed by atoms with Crippen LogP contribution < -0.4 is 4.40 Å². The van der Waals surface area contributed by atoms with Gasteiger partial charge in [-0.3, -0.25) is 4.98 Å². The van der Waals surface area contributed by atoms with Crippen molar-refractivity contribution < 1.29 is 27.3 Å². The molecule has 0 bridgehead atoms. The summed E-state index contributed by atoms with van der Waals surface area (Å²) >= 11 is -2.24. The van der Waals surface area contributed by atoms with E-state index in [4.69, 9.17) is 12.1 Å². The van der Waals surface area contributed by atoms with Gasteiger partial charge in [0.05, 0.1) is 22.4 Å². The first-order valence-electron chi connectivity index (χ1n) is 19.3. The first kappa shape index (κ1) is 36.7. The Labute approximate surface area is 339 Å². The minimum Gasteiger partial charge on any atom is 0 e. The zero-order valence-corrected chi connectivity index (χ0v) is 37.1. The quantitative estimate of drug-likeness (QED) is 0.128.